The molecule has 1 heterocycles. The van der Waals surface area contributed by atoms with Crippen LogP contribution in [0.15, 0.2) is 57.9 Å². The summed E-state index contributed by atoms with van der Waals surface area (Å²) in [5.74, 6) is 0.737. The number of nitrogens with zero attached hydrogens (tertiary/aromatic N) is 3. The van der Waals surface area contributed by atoms with Crippen LogP contribution in [-0.4, -0.2) is 25.6 Å². The summed E-state index contributed by atoms with van der Waals surface area (Å²) in [7, 11) is -2.20. The fraction of sp³-hybridized carbons (Fsp3) is 0.300. The molecule has 1 saturated carbocycles. The van der Waals surface area contributed by atoms with Gasteiger partial charge >= 0.3 is 0 Å². The molecule has 28 heavy (non-hydrogen) atoms. The molecule has 7 nitrogen and oxygen atoms in total. The predicted molar refractivity (Wildman–Crippen MR) is 106 cm³/mol. The van der Waals surface area contributed by atoms with Gasteiger partial charge in [-0.2, -0.15) is 4.98 Å². The van der Waals surface area contributed by atoms with Gasteiger partial charge in [0, 0.05) is 12.6 Å². The minimum Gasteiger partial charge on any atom is -0.334 e. The van der Waals surface area contributed by atoms with Gasteiger partial charge in [0.05, 0.1) is 16.1 Å². The lowest BCUT2D eigenvalue weighted by atomic mass is 9.77. The van der Waals surface area contributed by atoms with Gasteiger partial charge in [-0.05, 0) is 56.5 Å². The van der Waals surface area contributed by atoms with E-state index in [1.54, 1.807) is 36.4 Å². The van der Waals surface area contributed by atoms with Crippen molar-refractivity contribution in [2.24, 2.45) is 5.73 Å². The van der Waals surface area contributed by atoms with E-state index >= 15 is 0 Å². The predicted octanol–water partition coefficient (Wildman–Crippen LogP) is 3.21. The number of sulfonamides is 1. The Morgan fingerprint density at radius 3 is 2.50 bits per heavy atom. The van der Waals surface area contributed by atoms with Crippen molar-refractivity contribution < 1.29 is 12.9 Å². The third kappa shape index (κ3) is 3.18. The van der Waals surface area contributed by atoms with Gasteiger partial charge in [-0.3, -0.25) is 4.31 Å². The van der Waals surface area contributed by atoms with E-state index in [2.05, 4.69) is 10.1 Å². The third-order valence-electron chi connectivity index (χ3n) is 5.25. The largest absolute Gasteiger partial charge is 0.334 e. The summed E-state index contributed by atoms with van der Waals surface area (Å²) < 4.78 is 32.7. The van der Waals surface area contributed by atoms with Crippen LogP contribution >= 0.6 is 0 Å². The Kier molecular flexibility index (Phi) is 4.47. The van der Waals surface area contributed by atoms with Crippen molar-refractivity contribution in [2.75, 3.05) is 11.4 Å². The van der Waals surface area contributed by atoms with E-state index < -0.39 is 15.6 Å². The number of anilines is 1. The Bertz CT molecular complexity index is 1100. The van der Waals surface area contributed by atoms with E-state index in [0.717, 1.165) is 24.8 Å². The van der Waals surface area contributed by atoms with Gasteiger partial charge < -0.3 is 10.3 Å². The number of rotatable bonds is 5. The van der Waals surface area contributed by atoms with Crippen molar-refractivity contribution in [1.29, 1.82) is 0 Å². The molecule has 0 saturated heterocycles. The minimum atomic E-state index is -3.73. The normalized spacial score (nSPS) is 15.8. The van der Waals surface area contributed by atoms with Crippen LogP contribution in [0.2, 0.25) is 0 Å². The third-order valence-corrected chi connectivity index (χ3v) is 7.04. The molecule has 4 rings (SSSR count). The zero-order chi connectivity index (χ0) is 19.9. The first-order chi connectivity index (χ1) is 13.3. The zero-order valence-electron chi connectivity index (χ0n) is 15.8. The molecule has 8 heteroatoms. The summed E-state index contributed by atoms with van der Waals surface area (Å²) in [5.41, 5.74) is 7.90. The molecule has 0 bridgehead atoms. The molecule has 1 aliphatic rings. The van der Waals surface area contributed by atoms with E-state index in [1.165, 1.54) is 11.4 Å². The standard InChI is InChI=1S/C20H22N4O3S/c1-14-7-9-16(10-8-14)24(2)28(25,26)17-6-3-5-15(13-17)18-22-19(23-27-18)20(21)11-4-12-20/h3,5-10,13H,4,11-12,21H2,1-2H3. The average molecular weight is 398 g/mol. The topological polar surface area (TPSA) is 102 Å². The summed E-state index contributed by atoms with van der Waals surface area (Å²) in [4.78, 5) is 4.55. The van der Waals surface area contributed by atoms with Crippen LogP contribution in [0, 0.1) is 6.92 Å². The SMILES string of the molecule is Cc1ccc(N(C)S(=O)(=O)c2cccc(-c3nc(C4(N)CCC4)no3)c2)cc1. The first-order valence-electron chi connectivity index (χ1n) is 9.09. The van der Waals surface area contributed by atoms with Gasteiger partial charge in [0.2, 0.25) is 0 Å². The lowest BCUT2D eigenvalue weighted by Gasteiger charge is -2.34. The lowest BCUT2D eigenvalue weighted by Crippen LogP contribution is -2.44. The van der Waals surface area contributed by atoms with Gasteiger partial charge in [-0.25, -0.2) is 8.42 Å². The van der Waals surface area contributed by atoms with Gasteiger partial charge in [-0.1, -0.05) is 28.9 Å². The van der Waals surface area contributed by atoms with E-state index in [0.29, 0.717) is 17.1 Å². The van der Waals surface area contributed by atoms with E-state index in [9.17, 15) is 8.42 Å². The molecule has 0 unspecified atom stereocenters. The molecule has 2 aromatic carbocycles. The van der Waals surface area contributed by atoms with Crippen molar-refractivity contribution in [3.05, 3.63) is 59.9 Å². The molecule has 0 atom stereocenters. The number of nitrogens with two attached hydrogens (primary N) is 1. The smallest absolute Gasteiger partial charge is 0.264 e. The zero-order valence-corrected chi connectivity index (χ0v) is 16.6. The number of aryl methyl sites for hydroxylation is 1. The van der Waals surface area contributed by atoms with E-state index in [1.807, 2.05) is 19.1 Å². The second-order valence-electron chi connectivity index (χ2n) is 7.27. The van der Waals surface area contributed by atoms with Crippen LogP contribution in [0.25, 0.3) is 11.5 Å². The molecule has 1 aliphatic carbocycles. The molecule has 0 aliphatic heterocycles. The van der Waals surface area contributed by atoms with E-state index in [-0.39, 0.29) is 10.8 Å². The molecule has 0 amide bonds. The Hall–Kier alpha value is -2.71. The second kappa shape index (κ2) is 6.72. The van der Waals surface area contributed by atoms with Gasteiger partial charge in [-0.15, -0.1) is 0 Å². The van der Waals surface area contributed by atoms with Crippen LogP contribution in [0.5, 0.6) is 0 Å². The van der Waals surface area contributed by atoms with Crippen LogP contribution < -0.4 is 10.0 Å². The highest BCUT2D eigenvalue weighted by Gasteiger charge is 2.39. The molecule has 2 N–H and O–H groups in total. The van der Waals surface area contributed by atoms with Crippen molar-refractivity contribution in [2.45, 2.75) is 36.6 Å². The van der Waals surface area contributed by atoms with Crippen LogP contribution in [0.4, 0.5) is 5.69 Å². The summed E-state index contributed by atoms with van der Waals surface area (Å²) in [6.45, 7) is 1.95. The fourth-order valence-electron chi connectivity index (χ4n) is 3.17. The van der Waals surface area contributed by atoms with Crippen molar-refractivity contribution >= 4 is 15.7 Å². The summed E-state index contributed by atoms with van der Waals surface area (Å²) in [6, 6.07) is 13.8. The molecular formula is C20H22N4O3S. The van der Waals surface area contributed by atoms with Crippen molar-refractivity contribution in [3.63, 3.8) is 0 Å². The Balaban J connectivity index is 1.65. The molecule has 0 spiro atoms. The number of hydrogen-bond donors (Lipinski definition) is 1. The number of hydrogen-bond acceptors (Lipinski definition) is 6. The molecular weight excluding hydrogens is 376 g/mol. The highest BCUT2D eigenvalue weighted by Crippen LogP contribution is 2.37. The van der Waals surface area contributed by atoms with Crippen LogP contribution in [-0.2, 0) is 15.6 Å². The average Bonchev–Trinajstić information content (AvgIpc) is 3.17. The minimum absolute atomic E-state index is 0.152. The monoisotopic (exact) mass is 398 g/mol. The van der Waals surface area contributed by atoms with E-state index in [4.69, 9.17) is 10.3 Å². The molecule has 1 aromatic heterocycles. The summed E-state index contributed by atoms with van der Waals surface area (Å²) >= 11 is 0. The maximum atomic E-state index is 13.1. The second-order valence-corrected chi connectivity index (χ2v) is 9.24. The van der Waals surface area contributed by atoms with Crippen LogP contribution in [0.1, 0.15) is 30.7 Å². The van der Waals surface area contributed by atoms with Gasteiger partial charge in [0.25, 0.3) is 15.9 Å². The lowest BCUT2D eigenvalue weighted by molar-refractivity contribution is 0.229. The van der Waals surface area contributed by atoms with Crippen LogP contribution in [0.3, 0.4) is 0 Å². The molecule has 3 aromatic rings. The van der Waals surface area contributed by atoms with Gasteiger partial charge in [0.15, 0.2) is 5.82 Å². The Morgan fingerprint density at radius 1 is 1.14 bits per heavy atom. The Labute approximate surface area is 164 Å². The maximum absolute atomic E-state index is 13.1. The molecule has 146 valence electrons. The fourth-order valence-corrected chi connectivity index (χ4v) is 4.41. The summed E-state index contributed by atoms with van der Waals surface area (Å²) in [6.07, 6.45) is 2.68. The van der Waals surface area contributed by atoms with Gasteiger partial charge in [0.1, 0.15) is 0 Å². The quantitative estimate of drug-likeness (QED) is 0.708. The number of benzene rings is 2. The first-order valence-corrected chi connectivity index (χ1v) is 10.5. The number of aromatic nitrogens is 2. The molecule has 1 fully saturated rings. The highest BCUT2D eigenvalue weighted by molar-refractivity contribution is 7.92. The van der Waals surface area contributed by atoms with Crippen molar-refractivity contribution in [1.82, 2.24) is 10.1 Å². The van der Waals surface area contributed by atoms with Crippen molar-refractivity contribution in [3.8, 4) is 11.5 Å². The molecule has 0 radical (unpaired) electrons. The summed E-state index contributed by atoms with van der Waals surface area (Å²) in [5, 5.41) is 4.00. The first kappa shape index (κ1) is 18.6. The Morgan fingerprint density at radius 2 is 1.86 bits per heavy atom. The highest BCUT2D eigenvalue weighted by atomic mass is 32.2. The maximum Gasteiger partial charge on any atom is 0.264 e.